The number of halogens is 3. The number of aromatic nitrogens is 2. The number of carbonyl (C=O) groups is 2. The molecule has 1 fully saturated rings. The second-order valence-corrected chi connectivity index (χ2v) is 9.11. The number of likely N-dealkylation sites (tertiary alicyclic amines) is 1. The van der Waals surface area contributed by atoms with Crippen LogP contribution in [0.2, 0.25) is 5.02 Å². The molecule has 0 spiro atoms. The van der Waals surface area contributed by atoms with Crippen LogP contribution in [0.25, 0.3) is 11.3 Å². The average Bonchev–Trinajstić information content (AvgIpc) is 3.28. The maximum absolute atomic E-state index is 13.3. The zero-order valence-corrected chi connectivity index (χ0v) is 21.5. The van der Waals surface area contributed by atoms with Gasteiger partial charge in [0.05, 0.1) is 11.3 Å². The van der Waals surface area contributed by atoms with Gasteiger partial charge >= 0.3 is 6.61 Å². The van der Waals surface area contributed by atoms with E-state index in [9.17, 15) is 18.4 Å². The molecule has 2 amide bonds. The fraction of sp³-hybridized carbons (Fsp3) is 0.308. The first-order valence-corrected chi connectivity index (χ1v) is 12.4. The third kappa shape index (κ3) is 6.28. The highest BCUT2D eigenvalue weighted by Gasteiger charge is 2.24. The molecule has 0 unspecified atom stereocenters. The number of nitrogens with one attached hydrogen (secondary N) is 1. The van der Waals surface area contributed by atoms with Crippen molar-refractivity contribution in [3.8, 4) is 17.0 Å². The fourth-order valence-corrected chi connectivity index (χ4v) is 4.41. The lowest BCUT2D eigenvalue weighted by Crippen LogP contribution is -2.37. The summed E-state index contributed by atoms with van der Waals surface area (Å²) in [4.78, 5) is 33.9. The first-order chi connectivity index (χ1) is 18.3. The Balaban J connectivity index is 1.73. The summed E-state index contributed by atoms with van der Waals surface area (Å²) in [5.74, 6) is -0.517. The zero-order valence-electron chi connectivity index (χ0n) is 20.7. The van der Waals surface area contributed by atoms with Crippen LogP contribution < -0.4 is 10.1 Å². The van der Waals surface area contributed by atoms with Crippen LogP contribution in [0, 0.1) is 0 Å². The molecule has 9 nitrogen and oxygen atoms in total. The molecule has 0 atom stereocenters. The summed E-state index contributed by atoms with van der Waals surface area (Å²) in [7, 11) is 1.73. The van der Waals surface area contributed by atoms with Gasteiger partial charge in [0.25, 0.3) is 5.91 Å². The molecule has 0 bridgehead atoms. The fourth-order valence-electron chi connectivity index (χ4n) is 4.24. The van der Waals surface area contributed by atoms with E-state index in [-0.39, 0.29) is 45.7 Å². The minimum atomic E-state index is -3.10. The van der Waals surface area contributed by atoms with Crippen molar-refractivity contribution >= 4 is 35.3 Å². The lowest BCUT2D eigenvalue weighted by atomic mass is 10.1. The zero-order chi connectivity index (χ0) is 27.2. The van der Waals surface area contributed by atoms with Crippen LogP contribution in [0.1, 0.15) is 19.3 Å². The van der Waals surface area contributed by atoms with Gasteiger partial charge in [-0.15, -0.1) is 0 Å². The smallest absolute Gasteiger partial charge is 0.387 e. The summed E-state index contributed by atoms with van der Waals surface area (Å²) in [5, 5.41) is 7.48. The van der Waals surface area contributed by atoms with Crippen LogP contribution in [-0.2, 0) is 16.1 Å². The monoisotopic (exact) mass is 544 g/mol. The predicted molar refractivity (Wildman–Crippen MR) is 141 cm³/mol. The summed E-state index contributed by atoms with van der Waals surface area (Å²) < 4.78 is 32.4. The van der Waals surface area contributed by atoms with E-state index in [1.807, 2.05) is 0 Å². The first-order valence-electron chi connectivity index (χ1n) is 12.0. The average molecular weight is 545 g/mol. The Kier molecular flexibility index (Phi) is 8.57. The van der Waals surface area contributed by atoms with Crippen molar-refractivity contribution in [1.82, 2.24) is 19.6 Å². The molecular formula is C26H27ClF2N6O3. The molecule has 0 saturated carbocycles. The quantitative estimate of drug-likeness (QED) is 0.487. The van der Waals surface area contributed by atoms with Gasteiger partial charge in [0.1, 0.15) is 23.8 Å². The van der Waals surface area contributed by atoms with E-state index in [4.69, 9.17) is 16.3 Å². The highest BCUT2D eigenvalue weighted by Crippen LogP contribution is 2.37. The second-order valence-electron chi connectivity index (χ2n) is 8.68. The van der Waals surface area contributed by atoms with E-state index in [2.05, 4.69) is 22.0 Å². The number of nitrogens with zero attached hydrogens (tertiary/aromatic N) is 5. The highest BCUT2D eigenvalue weighted by atomic mass is 35.5. The Morgan fingerprint density at radius 3 is 2.71 bits per heavy atom. The molecule has 2 aromatic rings. The molecule has 4 rings (SSSR count). The van der Waals surface area contributed by atoms with Crippen molar-refractivity contribution < 1.29 is 23.1 Å². The number of anilines is 1. The van der Waals surface area contributed by atoms with Crippen molar-refractivity contribution in [2.24, 2.45) is 4.99 Å². The minimum Gasteiger partial charge on any atom is -0.434 e. The number of rotatable bonds is 8. The number of amides is 2. The summed E-state index contributed by atoms with van der Waals surface area (Å²) in [6.07, 6.45) is 10.8. The number of aliphatic imine (C=N–C) groups is 1. The van der Waals surface area contributed by atoms with Crippen LogP contribution in [0.3, 0.4) is 0 Å². The number of alkyl halides is 2. The lowest BCUT2D eigenvalue weighted by Gasteiger charge is -2.26. The molecule has 200 valence electrons. The van der Waals surface area contributed by atoms with Gasteiger partial charge in [-0.2, -0.15) is 13.9 Å². The van der Waals surface area contributed by atoms with Crippen molar-refractivity contribution in [1.29, 1.82) is 0 Å². The number of hydrogen-bond donors (Lipinski definition) is 1. The molecule has 12 heteroatoms. The molecule has 3 heterocycles. The molecule has 1 aromatic heterocycles. The summed E-state index contributed by atoms with van der Waals surface area (Å²) >= 11 is 6.17. The molecule has 0 radical (unpaired) electrons. The maximum Gasteiger partial charge on any atom is 0.387 e. The van der Waals surface area contributed by atoms with Gasteiger partial charge in [-0.1, -0.05) is 24.3 Å². The minimum absolute atomic E-state index is 0.0955. The molecule has 1 aromatic carbocycles. The third-order valence-corrected chi connectivity index (χ3v) is 6.28. The number of allylic oxidation sites excluding steroid dienone is 1. The summed E-state index contributed by atoms with van der Waals surface area (Å²) in [5.41, 5.74) is 0.574. The van der Waals surface area contributed by atoms with Crippen molar-refractivity contribution in [2.75, 3.05) is 25.5 Å². The molecule has 2 aliphatic heterocycles. The second kappa shape index (κ2) is 12.0. The Labute approximate surface area is 223 Å². The molecule has 1 N–H and O–H groups in total. The Bertz CT molecular complexity index is 1310. The van der Waals surface area contributed by atoms with Crippen LogP contribution >= 0.6 is 11.6 Å². The molecular weight excluding hydrogens is 518 g/mol. The molecule has 0 aliphatic carbocycles. The standard InChI is InChI=1S/C26H27ClF2N6O3/c1-3-18(24-30-10-7-11-33(24)2)25(37)31-20-15-35(16-22(36)34-12-5-4-6-13-34)32-23(20)19-14-17(27)8-9-21(19)38-26(28)29/h3,7-11,14-15,26H,1,4-6,12-13,16H2,2H3,(H,31,37)/b24-18+. The Morgan fingerprint density at radius 2 is 2.03 bits per heavy atom. The largest absolute Gasteiger partial charge is 0.434 e. The normalized spacial score (nSPS) is 16.6. The van der Waals surface area contributed by atoms with E-state index in [1.165, 1.54) is 35.2 Å². The van der Waals surface area contributed by atoms with Crippen LogP contribution in [0.5, 0.6) is 5.75 Å². The van der Waals surface area contributed by atoms with Gasteiger partial charge in [0.2, 0.25) is 5.91 Å². The van der Waals surface area contributed by atoms with E-state index in [0.29, 0.717) is 18.9 Å². The number of ether oxygens (including phenoxy) is 1. The Morgan fingerprint density at radius 1 is 1.26 bits per heavy atom. The number of hydrogen-bond acceptors (Lipinski definition) is 6. The predicted octanol–water partition coefficient (Wildman–Crippen LogP) is 4.68. The molecule has 1 saturated heterocycles. The van der Waals surface area contributed by atoms with Gasteiger partial charge in [-0.3, -0.25) is 14.3 Å². The van der Waals surface area contributed by atoms with Gasteiger partial charge in [-0.05, 0) is 43.5 Å². The van der Waals surface area contributed by atoms with E-state index in [0.717, 1.165) is 19.3 Å². The van der Waals surface area contributed by atoms with E-state index >= 15 is 0 Å². The molecule has 2 aliphatic rings. The summed E-state index contributed by atoms with van der Waals surface area (Å²) in [6, 6.07) is 4.11. The van der Waals surface area contributed by atoms with Crippen molar-refractivity contribution in [2.45, 2.75) is 32.4 Å². The van der Waals surface area contributed by atoms with Gasteiger partial charge < -0.3 is 19.9 Å². The van der Waals surface area contributed by atoms with Crippen LogP contribution in [-0.4, -0.2) is 64.4 Å². The lowest BCUT2D eigenvalue weighted by molar-refractivity contribution is -0.132. The Hall–Kier alpha value is -3.99. The van der Waals surface area contributed by atoms with E-state index < -0.39 is 12.5 Å². The van der Waals surface area contributed by atoms with E-state index in [1.54, 1.807) is 35.3 Å². The number of carbonyl (C=O) groups excluding carboxylic acids is 2. The van der Waals surface area contributed by atoms with Gasteiger partial charge in [0, 0.05) is 49.3 Å². The number of piperidine rings is 1. The highest BCUT2D eigenvalue weighted by molar-refractivity contribution is 6.31. The third-order valence-electron chi connectivity index (χ3n) is 6.04. The van der Waals surface area contributed by atoms with Crippen LogP contribution in [0.15, 0.2) is 65.7 Å². The van der Waals surface area contributed by atoms with Gasteiger partial charge in [0.15, 0.2) is 0 Å². The number of benzene rings is 1. The van der Waals surface area contributed by atoms with Crippen molar-refractivity contribution in [3.63, 3.8) is 0 Å². The van der Waals surface area contributed by atoms with Gasteiger partial charge in [-0.25, -0.2) is 4.99 Å². The van der Waals surface area contributed by atoms with Crippen molar-refractivity contribution in [3.05, 3.63) is 65.7 Å². The maximum atomic E-state index is 13.3. The molecule has 38 heavy (non-hydrogen) atoms. The summed E-state index contributed by atoms with van der Waals surface area (Å²) in [6.45, 7) is 1.87. The topological polar surface area (TPSA) is 92.1 Å². The SMILES string of the molecule is C=C/C(C(=O)Nc1cn(CC(=O)N2CCCCC2)nc1-c1cc(Cl)ccc1OC(F)F)=C1/N=CC=CN1C. The first kappa shape index (κ1) is 27.1. The van der Waals surface area contributed by atoms with Crippen LogP contribution in [0.4, 0.5) is 14.5 Å².